The molecular weight excluding hydrogens is 400 g/mol. The van der Waals surface area contributed by atoms with E-state index in [4.69, 9.17) is 4.74 Å². The molecule has 0 aliphatic heterocycles. The van der Waals surface area contributed by atoms with Crippen LogP contribution in [0.3, 0.4) is 0 Å². The minimum absolute atomic E-state index is 0.0933. The summed E-state index contributed by atoms with van der Waals surface area (Å²) in [6, 6.07) is 20.4. The van der Waals surface area contributed by atoms with Gasteiger partial charge in [-0.05, 0) is 49.2 Å². The molecule has 3 aromatic carbocycles. The summed E-state index contributed by atoms with van der Waals surface area (Å²) < 4.78 is 33.3. The molecule has 0 aromatic heterocycles. The second-order valence-electron chi connectivity index (χ2n) is 6.81. The number of anilines is 2. The van der Waals surface area contributed by atoms with Crippen molar-refractivity contribution < 1.29 is 17.9 Å². The van der Waals surface area contributed by atoms with Crippen LogP contribution in [0.5, 0.6) is 5.75 Å². The van der Waals surface area contributed by atoms with Gasteiger partial charge in [0.05, 0.1) is 17.7 Å². The highest BCUT2D eigenvalue weighted by atomic mass is 32.2. The standard InChI is InChI=1S/C23H24N2O4S/c1-17-10-9-11-18(2)23(17)24-22(26)16-25(20-14-7-8-15-21(20)29-3)30(27,28)19-12-5-4-6-13-19/h4-15H,16H2,1-3H3,(H,24,26). The van der Waals surface area contributed by atoms with Gasteiger partial charge in [-0.1, -0.05) is 48.5 Å². The fourth-order valence-electron chi connectivity index (χ4n) is 3.18. The number of ether oxygens (including phenoxy) is 1. The van der Waals surface area contributed by atoms with Gasteiger partial charge in [-0.3, -0.25) is 9.10 Å². The number of hydrogen-bond donors (Lipinski definition) is 1. The molecule has 0 heterocycles. The Hall–Kier alpha value is -3.32. The summed E-state index contributed by atoms with van der Waals surface area (Å²) in [6.07, 6.45) is 0. The number of carbonyl (C=O) groups is 1. The van der Waals surface area contributed by atoms with Gasteiger partial charge in [0, 0.05) is 5.69 Å². The molecule has 1 amide bonds. The topological polar surface area (TPSA) is 75.7 Å². The van der Waals surface area contributed by atoms with Crippen molar-refractivity contribution in [2.45, 2.75) is 18.7 Å². The van der Waals surface area contributed by atoms with E-state index in [1.54, 1.807) is 42.5 Å². The molecule has 0 fully saturated rings. The predicted molar refractivity (Wildman–Crippen MR) is 119 cm³/mol. The first kappa shape index (κ1) is 21.4. The minimum atomic E-state index is -4.00. The second kappa shape index (κ2) is 9.00. The highest BCUT2D eigenvalue weighted by Gasteiger charge is 2.29. The van der Waals surface area contributed by atoms with Crippen LogP contribution in [0.2, 0.25) is 0 Å². The average molecular weight is 425 g/mol. The molecule has 0 spiro atoms. The molecule has 156 valence electrons. The molecule has 0 bridgehead atoms. The molecule has 3 rings (SSSR count). The first-order valence-electron chi connectivity index (χ1n) is 9.41. The number of carbonyl (C=O) groups excluding carboxylic acids is 1. The number of nitrogens with zero attached hydrogens (tertiary/aromatic N) is 1. The molecule has 0 saturated carbocycles. The van der Waals surface area contributed by atoms with Crippen LogP contribution in [0.15, 0.2) is 77.7 Å². The lowest BCUT2D eigenvalue weighted by molar-refractivity contribution is -0.114. The third kappa shape index (κ3) is 4.46. The van der Waals surface area contributed by atoms with Crippen LogP contribution in [-0.4, -0.2) is 28.0 Å². The van der Waals surface area contributed by atoms with E-state index in [2.05, 4.69) is 5.32 Å². The van der Waals surface area contributed by atoms with Gasteiger partial charge in [0.15, 0.2) is 0 Å². The maximum atomic E-state index is 13.4. The highest BCUT2D eigenvalue weighted by molar-refractivity contribution is 7.92. The van der Waals surface area contributed by atoms with Crippen molar-refractivity contribution in [3.05, 3.63) is 83.9 Å². The zero-order valence-corrected chi connectivity index (χ0v) is 17.9. The first-order chi connectivity index (χ1) is 14.3. The fraction of sp³-hybridized carbons (Fsp3) is 0.174. The molecule has 6 nitrogen and oxygen atoms in total. The Labute approximate surface area is 177 Å². The Morgan fingerprint density at radius 1 is 0.900 bits per heavy atom. The van der Waals surface area contributed by atoms with Crippen LogP contribution in [-0.2, 0) is 14.8 Å². The Morgan fingerprint density at radius 2 is 1.50 bits per heavy atom. The lowest BCUT2D eigenvalue weighted by Gasteiger charge is -2.26. The number of hydrogen-bond acceptors (Lipinski definition) is 4. The van der Waals surface area contributed by atoms with E-state index in [1.165, 1.54) is 19.2 Å². The van der Waals surface area contributed by atoms with Gasteiger partial charge >= 0.3 is 0 Å². The monoisotopic (exact) mass is 424 g/mol. The van der Waals surface area contributed by atoms with Crippen molar-refractivity contribution in [1.82, 2.24) is 0 Å². The molecule has 0 atom stereocenters. The number of sulfonamides is 1. The number of rotatable bonds is 7. The molecule has 1 N–H and O–H groups in total. The number of methoxy groups -OCH3 is 1. The molecule has 0 unspecified atom stereocenters. The molecule has 0 aliphatic rings. The van der Waals surface area contributed by atoms with Gasteiger partial charge in [0.1, 0.15) is 12.3 Å². The Kier molecular flexibility index (Phi) is 6.42. The van der Waals surface area contributed by atoms with E-state index < -0.39 is 22.5 Å². The van der Waals surface area contributed by atoms with Crippen LogP contribution >= 0.6 is 0 Å². The highest BCUT2D eigenvalue weighted by Crippen LogP contribution is 2.32. The van der Waals surface area contributed by atoms with E-state index in [-0.39, 0.29) is 4.90 Å². The Bertz CT molecular complexity index is 1120. The van der Waals surface area contributed by atoms with E-state index in [1.807, 2.05) is 32.0 Å². The zero-order chi connectivity index (χ0) is 21.7. The van der Waals surface area contributed by atoms with Crippen LogP contribution < -0.4 is 14.4 Å². The van der Waals surface area contributed by atoms with Crippen molar-refractivity contribution in [2.75, 3.05) is 23.3 Å². The number of nitrogens with one attached hydrogen (secondary N) is 1. The van der Waals surface area contributed by atoms with E-state index in [9.17, 15) is 13.2 Å². The maximum absolute atomic E-state index is 13.4. The molecule has 0 saturated heterocycles. The molecule has 3 aromatic rings. The van der Waals surface area contributed by atoms with Gasteiger partial charge in [-0.2, -0.15) is 0 Å². The Balaban J connectivity index is 2.01. The second-order valence-corrected chi connectivity index (χ2v) is 8.67. The molecule has 0 radical (unpaired) electrons. The van der Waals surface area contributed by atoms with E-state index >= 15 is 0 Å². The molecule has 7 heteroatoms. The largest absolute Gasteiger partial charge is 0.495 e. The normalized spacial score (nSPS) is 11.0. The quantitative estimate of drug-likeness (QED) is 0.618. The van der Waals surface area contributed by atoms with Gasteiger partial charge in [0.2, 0.25) is 5.91 Å². The summed E-state index contributed by atoms with van der Waals surface area (Å²) in [5.74, 6) is -0.0882. The lowest BCUT2D eigenvalue weighted by atomic mass is 10.1. The van der Waals surface area contributed by atoms with Crippen molar-refractivity contribution in [2.24, 2.45) is 0 Å². The van der Waals surface area contributed by atoms with Gasteiger partial charge in [-0.15, -0.1) is 0 Å². The molecule has 0 aliphatic carbocycles. The number of para-hydroxylation sites is 3. The van der Waals surface area contributed by atoms with Crippen molar-refractivity contribution in [3.63, 3.8) is 0 Å². The van der Waals surface area contributed by atoms with Gasteiger partial charge in [-0.25, -0.2) is 8.42 Å². The number of amides is 1. The van der Waals surface area contributed by atoms with E-state index in [0.717, 1.165) is 15.4 Å². The van der Waals surface area contributed by atoms with Crippen molar-refractivity contribution in [1.29, 1.82) is 0 Å². The fourth-order valence-corrected chi connectivity index (χ4v) is 4.63. The average Bonchev–Trinajstić information content (AvgIpc) is 2.75. The SMILES string of the molecule is COc1ccccc1N(CC(=O)Nc1c(C)cccc1C)S(=O)(=O)c1ccccc1. The summed E-state index contributed by atoms with van der Waals surface area (Å²) in [7, 11) is -2.54. The molecular formula is C23H24N2O4S. The predicted octanol–water partition coefficient (Wildman–Crippen LogP) is 4.15. The summed E-state index contributed by atoms with van der Waals surface area (Å²) >= 11 is 0. The van der Waals surface area contributed by atoms with E-state index in [0.29, 0.717) is 17.1 Å². The number of benzene rings is 3. The van der Waals surface area contributed by atoms with Crippen molar-refractivity contribution in [3.8, 4) is 5.75 Å². The number of aryl methyl sites for hydroxylation is 2. The smallest absolute Gasteiger partial charge is 0.264 e. The van der Waals surface area contributed by atoms with Crippen LogP contribution in [0.1, 0.15) is 11.1 Å². The molecule has 30 heavy (non-hydrogen) atoms. The van der Waals surface area contributed by atoms with Gasteiger partial charge in [0.25, 0.3) is 10.0 Å². The van der Waals surface area contributed by atoms with Crippen LogP contribution in [0.25, 0.3) is 0 Å². The minimum Gasteiger partial charge on any atom is -0.495 e. The summed E-state index contributed by atoms with van der Waals surface area (Å²) in [5.41, 5.74) is 2.77. The van der Waals surface area contributed by atoms with Crippen molar-refractivity contribution >= 4 is 27.3 Å². The van der Waals surface area contributed by atoms with Gasteiger partial charge < -0.3 is 10.1 Å². The first-order valence-corrected chi connectivity index (χ1v) is 10.9. The summed E-state index contributed by atoms with van der Waals surface area (Å²) in [5, 5.41) is 2.85. The lowest BCUT2D eigenvalue weighted by Crippen LogP contribution is -2.38. The maximum Gasteiger partial charge on any atom is 0.264 e. The summed E-state index contributed by atoms with van der Waals surface area (Å²) in [6.45, 7) is 3.38. The third-order valence-corrected chi connectivity index (χ3v) is 6.49. The zero-order valence-electron chi connectivity index (χ0n) is 17.1. The van der Waals surface area contributed by atoms with Crippen LogP contribution in [0.4, 0.5) is 11.4 Å². The Morgan fingerprint density at radius 3 is 2.13 bits per heavy atom. The van der Waals surface area contributed by atoms with Crippen LogP contribution in [0, 0.1) is 13.8 Å². The summed E-state index contributed by atoms with van der Waals surface area (Å²) in [4.78, 5) is 13.0. The third-order valence-electron chi connectivity index (χ3n) is 4.72.